The van der Waals surface area contributed by atoms with Gasteiger partial charge in [0.05, 0.1) is 6.04 Å². The van der Waals surface area contributed by atoms with Gasteiger partial charge in [-0.1, -0.05) is 6.92 Å². The van der Waals surface area contributed by atoms with Gasteiger partial charge in [-0.3, -0.25) is 4.79 Å². The van der Waals surface area contributed by atoms with Crippen molar-refractivity contribution >= 4 is 17.2 Å². The quantitative estimate of drug-likeness (QED) is 0.813. The highest BCUT2D eigenvalue weighted by molar-refractivity contribution is 7.09. The summed E-state index contributed by atoms with van der Waals surface area (Å²) in [4.78, 5) is 16.1. The fraction of sp³-hybridized carbons (Fsp3) is 0.667. The van der Waals surface area contributed by atoms with Crippen LogP contribution in [-0.2, 0) is 4.79 Å². The zero-order valence-electron chi connectivity index (χ0n) is 10.1. The summed E-state index contributed by atoms with van der Waals surface area (Å²) in [5.74, 6) is 0.618. The van der Waals surface area contributed by atoms with Crippen molar-refractivity contribution in [2.24, 2.45) is 11.7 Å². The molecule has 0 radical (unpaired) electrons. The van der Waals surface area contributed by atoms with Crippen molar-refractivity contribution in [3.8, 4) is 0 Å². The number of hydrogen-bond acceptors (Lipinski definition) is 4. The zero-order chi connectivity index (χ0) is 12.3. The number of thiazole rings is 1. The average molecular weight is 253 g/mol. The summed E-state index contributed by atoms with van der Waals surface area (Å²) in [6.07, 6.45) is 5.42. The van der Waals surface area contributed by atoms with Crippen LogP contribution >= 0.6 is 11.3 Å². The van der Waals surface area contributed by atoms with E-state index in [9.17, 15) is 4.79 Å². The minimum absolute atomic E-state index is 0.0313. The van der Waals surface area contributed by atoms with Crippen LogP contribution in [0.4, 0.5) is 0 Å². The number of nitrogens with one attached hydrogen (secondary N) is 1. The van der Waals surface area contributed by atoms with Gasteiger partial charge in [0.1, 0.15) is 5.01 Å². The Hall–Kier alpha value is -0.940. The summed E-state index contributed by atoms with van der Waals surface area (Å²) < 4.78 is 0. The van der Waals surface area contributed by atoms with Crippen molar-refractivity contribution in [2.75, 3.05) is 0 Å². The summed E-state index contributed by atoms with van der Waals surface area (Å²) in [5, 5.41) is 5.92. The second-order valence-corrected chi connectivity index (χ2v) is 5.53. The molecule has 5 heteroatoms. The minimum Gasteiger partial charge on any atom is -0.347 e. The highest BCUT2D eigenvalue weighted by Gasteiger charge is 2.30. The number of aromatic nitrogens is 1. The molecule has 0 aromatic carbocycles. The van der Waals surface area contributed by atoms with Crippen LogP contribution in [0.2, 0.25) is 0 Å². The fourth-order valence-corrected chi connectivity index (χ4v) is 2.68. The van der Waals surface area contributed by atoms with E-state index in [-0.39, 0.29) is 18.0 Å². The maximum atomic E-state index is 11.8. The molecular weight excluding hydrogens is 234 g/mol. The van der Waals surface area contributed by atoms with E-state index >= 15 is 0 Å². The van der Waals surface area contributed by atoms with E-state index in [1.165, 1.54) is 12.8 Å². The Kier molecular flexibility index (Phi) is 4.12. The summed E-state index contributed by atoms with van der Waals surface area (Å²) in [6, 6.07) is 0.0673. The first-order valence-corrected chi connectivity index (χ1v) is 7.03. The topological polar surface area (TPSA) is 68.0 Å². The first-order valence-electron chi connectivity index (χ1n) is 6.15. The molecule has 1 aromatic rings. The maximum absolute atomic E-state index is 11.8. The van der Waals surface area contributed by atoms with Gasteiger partial charge in [0, 0.05) is 24.0 Å². The molecule has 0 saturated heterocycles. The van der Waals surface area contributed by atoms with Crippen LogP contribution in [-0.4, -0.2) is 16.9 Å². The number of rotatable bonds is 6. The standard InChI is InChI=1S/C12H19N3OS/c1-2-10(12-14-5-6-17-12)15-11(16)7-9(13)8-3-4-8/h5-6,8-10H,2-4,7,13H2,1H3,(H,15,16). The van der Waals surface area contributed by atoms with E-state index in [1.807, 2.05) is 12.3 Å². The first-order chi connectivity index (χ1) is 8.20. The van der Waals surface area contributed by atoms with Crippen LogP contribution in [0.3, 0.4) is 0 Å². The Bertz CT molecular complexity index is 362. The van der Waals surface area contributed by atoms with Crippen molar-refractivity contribution in [1.29, 1.82) is 0 Å². The van der Waals surface area contributed by atoms with Crippen molar-refractivity contribution in [2.45, 2.75) is 44.7 Å². The number of nitrogens with zero attached hydrogens (tertiary/aromatic N) is 1. The van der Waals surface area contributed by atoms with Crippen LogP contribution in [0.5, 0.6) is 0 Å². The zero-order valence-corrected chi connectivity index (χ0v) is 10.9. The number of hydrogen-bond donors (Lipinski definition) is 2. The molecule has 4 nitrogen and oxygen atoms in total. The molecule has 1 fully saturated rings. The Morgan fingerprint density at radius 3 is 3.00 bits per heavy atom. The van der Waals surface area contributed by atoms with Crippen molar-refractivity contribution < 1.29 is 4.79 Å². The van der Waals surface area contributed by atoms with E-state index in [1.54, 1.807) is 17.5 Å². The third-order valence-corrected chi connectivity index (χ3v) is 4.03. The van der Waals surface area contributed by atoms with Gasteiger partial charge >= 0.3 is 0 Å². The molecule has 94 valence electrons. The van der Waals surface area contributed by atoms with Crippen LogP contribution in [0.1, 0.15) is 43.7 Å². The molecule has 1 aliphatic rings. The van der Waals surface area contributed by atoms with Gasteiger partial charge < -0.3 is 11.1 Å². The smallest absolute Gasteiger partial charge is 0.222 e. The summed E-state index contributed by atoms with van der Waals surface area (Å²) in [7, 11) is 0. The molecular formula is C12H19N3OS. The lowest BCUT2D eigenvalue weighted by Crippen LogP contribution is -2.34. The third kappa shape index (κ3) is 3.51. The van der Waals surface area contributed by atoms with E-state index in [4.69, 9.17) is 5.73 Å². The normalized spacial score (nSPS) is 18.7. The first kappa shape index (κ1) is 12.5. The van der Waals surface area contributed by atoms with Gasteiger partial charge in [-0.25, -0.2) is 4.98 Å². The minimum atomic E-state index is 0.0313. The van der Waals surface area contributed by atoms with Crippen molar-refractivity contribution in [3.05, 3.63) is 16.6 Å². The van der Waals surface area contributed by atoms with Gasteiger partial charge in [0.15, 0.2) is 0 Å². The Morgan fingerprint density at radius 2 is 2.47 bits per heavy atom. The van der Waals surface area contributed by atoms with Gasteiger partial charge in [0.25, 0.3) is 0 Å². The molecule has 2 unspecified atom stereocenters. The van der Waals surface area contributed by atoms with E-state index < -0.39 is 0 Å². The van der Waals surface area contributed by atoms with Gasteiger partial charge in [-0.05, 0) is 25.2 Å². The predicted octanol–water partition coefficient (Wildman–Crippen LogP) is 1.84. The monoisotopic (exact) mass is 253 g/mol. The molecule has 0 spiro atoms. The lowest BCUT2D eigenvalue weighted by atomic mass is 10.1. The van der Waals surface area contributed by atoms with Crippen molar-refractivity contribution in [1.82, 2.24) is 10.3 Å². The Labute approximate surface area is 106 Å². The lowest BCUT2D eigenvalue weighted by molar-refractivity contribution is -0.122. The van der Waals surface area contributed by atoms with E-state index in [0.717, 1.165) is 11.4 Å². The summed E-state index contributed by atoms with van der Waals surface area (Å²) in [6.45, 7) is 2.05. The molecule has 1 heterocycles. The fourth-order valence-electron chi connectivity index (χ4n) is 1.90. The maximum Gasteiger partial charge on any atom is 0.222 e. The average Bonchev–Trinajstić information content (AvgIpc) is 3.03. The van der Waals surface area contributed by atoms with Crippen LogP contribution < -0.4 is 11.1 Å². The number of amides is 1. The molecule has 1 aromatic heterocycles. The molecule has 2 atom stereocenters. The molecule has 17 heavy (non-hydrogen) atoms. The second-order valence-electron chi connectivity index (χ2n) is 4.60. The predicted molar refractivity (Wildman–Crippen MR) is 68.6 cm³/mol. The van der Waals surface area contributed by atoms with Crippen LogP contribution in [0.25, 0.3) is 0 Å². The molecule has 3 N–H and O–H groups in total. The SMILES string of the molecule is CCC(NC(=O)CC(N)C1CC1)c1nccs1. The Balaban J connectivity index is 1.83. The van der Waals surface area contributed by atoms with E-state index in [0.29, 0.717) is 12.3 Å². The molecule has 2 rings (SSSR count). The molecule has 1 saturated carbocycles. The second kappa shape index (κ2) is 5.60. The lowest BCUT2D eigenvalue weighted by Gasteiger charge is -2.16. The van der Waals surface area contributed by atoms with Crippen LogP contribution in [0.15, 0.2) is 11.6 Å². The van der Waals surface area contributed by atoms with Gasteiger partial charge in [0.2, 0.25) is 5.91 Å². The molecule has 1 aliphatic carbocycles. The number of carbonyl (C=O) groups is 1. The number of nitrogens with two attached hydrogens (primary N) is 1. The Morgan fingerprint density at radius 1 is 1.71 bits per heavy atom. The molecule has 1 amide bonds. The summed E-state index contributed by atoms with van der Waals surface area (Å²) >= 11 is 1.58. The highest BCUT2D eigenvalue weighted by Crippen LogP contribution is 2.32. The molecule has 0 bridgehead atoms. The van der Waals surface area contributed by atoms with Crippen molar-refractivity contribution in [3.63, 3.8) is 0 Å². The highest BCUT2D eigenvalue weighted by atomic mass is 32.1. The van der Waals surface area contributed by atoms with Crippen LogP contribution in [0, 0.1) is 5.92 Å². The number of carbonyl (C=O) groups excluding carboxylic acids is 1. The molecule has 0 aliphatic heterocycles. The largest absolute Gasteiger partial charge is 0.347 e. The van der Waals surface area contributed by atoms with Gasteiger partial charge in [-0.15, -0.1) is 11.3 Å². The third-order valence-electron chi connectivity index (χ3n) is 3.14. The summed E-state index contributed by atoms with van der Waals surface area (Å²) in [5.41, 5.74) is 5.94. The van der Waals surface area contributed by atoms with Gasteiger partial charge in [-0.2, -0.15) is 0 Å². The van der Waals surface area contributed by atoms with E-state index in [2.05, 4.69) is 10.3 Å².